The fraction of sp³-hybridized carbons (Fsp3) is 0.533. The SMILES string of the molecule is NC(=S)c1ccc(CS(=O)(=O)NC(C2CC2)C2CC2)cc1. The molecule has 0 amide bonds. The first-order chi connectivity index (χ1) is 9.94. The number of thiocarbonyl (C=S) groups is 1. The third-order valence-corrected chi connectivity index (χ3v) is 5.75. The number of hydrogen-bond donors (Lipinski definition) is 2. The topological polar surface area (TPSA) is 72.2 Å². The zero-order valence-corrected chi connectivity index (χ0v) is 13.4. The van der Waals surface area contributed by atoms with Crippen molar-refractivity contribution in [3.63, 3.8) is 0 Å². The first kappa shape index (κ1) is 14.9. The number of hydrogen-bond acceptors (Lipinski definition) is 3. The summed E-state index contributed by atoms with van der Waals surface area (Å²) in [5.74, 6) is 1.13. The Morgan fingerprint density at radius 2 is 1.71 bits per heavy atom. The summed E-state index contributed by atoms with van der Waals surface area (Å²) in [6.45, 7) is 0. The molecule has 0 atom stereocenters. The maximum absolute atomic E-state index is 12.3. The first-order valence-corrected chi connectivity index (χ1v) is 9.39. The first-order valence-electron chi connectivity index (χ1n) is 7.33. The molecule has 3 rings (SSSR count). The van der Waals surface area contributed by atoms with Crippen molar-refractivity contribution < 1.29 is 8.42 Å². The minimum Gasteiger partial charge on any atom is -0.389 e. The van der Waals surface area contributed by atoms with Crippen molar-refractivity contribution in [3.05, 3.63) is 35.4 Å². The predicted molar refractivity (Wildman–Crippen MR) is 87.3 cm³/mol. The van der Waals surface area contributed by atoms with Gasteiger partial charge in [-0.05, 0) is 43.1 Å². The summed E-state index contributed by atoms with van der Waals surface area (Å²) >= 11 is 4.89. The highest BCUT2D eigenvalue weighted by molar-refractivity contribution is 7.88. The van der Waals surface area contributed by atoms with Crippen LogP contribution in [0.15, 0.2) is 24.3 Å². The lowest BCUT2D eigenvalue weighted by atomic mass is 10.1. The van der Waals surface area contributed by atoms with E-state index in [2.05, 4.69) is 4.72 Å². The summed E-state index contributed by atoms with van der Waals surface area (Å²) in [5, 5.41) is 0. The van der Waals surface area contributed by atoms with Gasteiger partial charge in [0.05, 0.1) is 5.75 Å². The van der Waals surface area contributed by atoms with Gasteiger partial charge in [0.25, 0.3) is 0 Å². The monoisotopic (exact) mass is 324 g/mol. The Kier molecular flexibility index (Phi) is 4.03. The highest BCUT2D eigenvalue weighted by Crippen LogP contribution is 2.44. The Bertz CT molecular complexity index is 620. The summed E-state index contributed by atoms with van der Waals surface area (Å²) in [4.78, 5) is 0.324. The van der Waals surface area contributed by atoms with E-state index in [1.165, 1.54) is 0 Å². The van der Waals surface area contributed by atoms with E-state index in [-0.39, 0.29) is 11.8 Å². The van der Waals surface area contributed by atoms with Crippen molar-refractivity contribution in [2.24, 2.45) is 17.6 Å². The van der Waals surface area contributed by atoms with Crippen LogP contribution in [-0.4, -0.2) is 19.4 Å². The minimum absolute atomic E-state index is 0.0144. The third kappa shape index (κ3) is 4.02. The quantitative estimate of drug-likeness (QED) is 0.752. The second-order valence-corrected chi connectivity index (χ2v) is 8.33. The molecule has 2 aliphatic rings. The van der Waals surface area contributed by atoms with Gasteiger partial charge in [-0.25, -0.2) is 13.1 Å². The molecule has 3 N–H and O–H groups in total. The summed E-state index contributed by atoms with van der Waals surface area (Å²) in [6, 6.07) is 7.25. The summed E-state index contributed by atoms with van der Waals surface area (Å²) in [6.07, 6.45) is 4.64. The molecule has 6 heteroatoms. The molecule has 0 aromatic heterocycles. The molecular weight excluding hydrogens is 304 g/mol. The lowest BCUT2D eigenvalue weighted by Gasteiger charge is -2.17. The van der Waals surface area contributed by atoms with Crippen molar-refractivity contribution in [1.29, 1.82) is 0 Å². The van der Waals surface area contributed by atoms with Gasteiger partial charge in [0.1, 0.15) is 4.99 Å². The van der Waals surface area contributed by atoms with Crippen LogP contribution in [0.2, 0.25) is 0 Å². The highest BCUT2D eigenvalue weighted by atomic mass is 32.2. The molecule has 0 radical (unpaired) electrons. The highest BCUT2D eigenvalue weighted by Gasteiger charge is 2.43. The van der Waals surface area contributed by atoms with Crippen molar-refractivity contribution in [2.45, 2.75) is 37.5 Å². The van der Waals surface area contributed by atoms with Crippen LogP contribution in [0, 0.1) is 11.8 Å². The van der Waals surface area contributed by atoms with Gasteiger partial charge < -0.3 is 5.73 Å². The van der Waals surface area contributed by atoms with Gasteiger partial charge in [-0.3, -0.25) is 0 Å². The summed E-state index contributed by atoms with van der Waals surface area (Å²) < 4.78 is 27.6. The molecule has 4 nitrogen and oxygen atoms in total. The Morgan fingerprint density at radius 3 is 2.14 bits per heavy atom. The van der Waals surface area contributed by atoms with E-state index >= 15 is 0 Å². The second-order valence-electron chi connectivity index (χ2n) is 6.14. The molecule has 2 fully saturated rings. The van der Waals surface area contributed by atoms with Gasteiger partial charge in [0.15, 0.2) is 0 Å². The average molecular weight is 324 g/mol. The predicted octanol–water partition coefficient (Wildman–Crippen LogP) is 1.93. The molecule has 114 valence electrons. The normalized spacial score (nSPS) is 18.9. The van der Waals surface area contributed by atoms with Crippen LogP contribution in [0.3, 0.4) is 0 Å². The van der Waals surface area contributed by atoms with Crippen molar-refractivity contribution in [2.75, 3.05) is 0 Å². The molecular formula is C15H20N2O2S2. The molecule has 0 saturated heterocycles. The zero-order valence-electron chi connectivity index (χ0n) is 11.8. The Labute approximate surface area is 131 Å². The molecule has 0 spiro atoms. The lowest BCUT2D eigenvalue weighted by Crippen LogP contribution is -2.38. The molecule has 2 aliphatic carbocycles. The van der Waals surface area contributed by atoms with E-state index < -0.39 is 10.0 Å². The number of sulfonamides is 1. The van der Waals surface area contributed by atoms with Gasteiger partial charge in [-0.1, -0.05) is 36.5 Å². The van der Waals surface area contributed by atoms with Gasteiger partial charge in [0.2, 0.25) is 10.0 Å². The third-order valence-electron chi connectivity index (χ3n) is 4.17. The Morgan fingerprint density at radius 1 is 1.19 bits per heavy atom. The zero-order chi connectivity index (χ0) is 15.0. The van der Waals surface area contributed by atoms with Crippen LogP contribution in [0.4, 0.5) is 0 Å². The maximum Gasteiger partial charge on any atom is 0.216 e. The van der Waals surface area contributed by atoms with Gasteiger partial charge in [-0.2, -0.15) is 0 Å². The lowest BCUT2D eigenvalue weighted by molar-refractivity contribution is 0.471. The van der Waals surface area contributed by atoms with Crippen molar-refractivity contribution in [3.8, 4) is 0 Å². The Balaban J connectivity index is 1.65. The molecule has 21 heavy (non-hydrogen) atoms. The second kappa shape index (κ2) is 5.66. The van der Waals surface area contributed by atoms with E-state index in [1.807, 2.05) is 0 Å². The van der Waals surface area contributed by atoms with Crippen molar-refractivity contribution >= 4 is 27.2 Å². The van der Waals surface area contributed by atoms with Gasteiger partial charge in [0, 0.05) is 11.6 Å². The number of benzene rings is 1. The van der Waals surface area contributed by atoms with Crippen LogP contribution in [0.1, 0.15) is 36.8 Å². The van der Waals surface area contributed by atoms with Gasteiger partial charge >= 0.3 is 0 Å². The smallest absolute Gasteiger partial charge is 0.216 e. The van der Waals surface area contributed by atoms with E-state index in [4.69, 9.17) is 18.0 Å². The molecule has 0 aliphatic heterocycles. The van der Waals surface area contributed by atoms with Crippen LogP contribution >= 0.6 is 12.2 Å². The molecule has 2 saturated carbocycles. The Hall–Kier alpha value is -0.980. The average Bonchev–Trinajstić information content (AvgIpc) is 3.27. The van der Waals surface area contributed by atoms with Crippen LogP contribution in [0.25, 0.3) is 0 Å². The standard InChI is InChI=1S/C15H20N2O2S2/c16-15(20)13-3-1-10(2-4-13)9-21(18,19)17-14(11-5-6-11)12-7-8-12/h1-4,11-12,14,17H,5-9H2,(H2,16,20). The number of nitrogens with one attached hydrogen (secondary N) is 1. The fourth-order valence-corrected chi connectivity index (χ4v) is 4.37. The van der Waals surface area contributed by atoms with E-state index in [0.29, 0.717) is 16.8 Å². The number of nitrogens with two attached hydrogens (primary N) is 1. The fourth-order valence-electron chi connectivity index (χ4n) is 2.72. The van der Waals surface area contributed by atoms with Crippen molar-refractivity contribution in [1.82, 2.24) is 4.72 Å². The largest absolute Gasteiger partial charge is 0.389 e. The van der Waals surface area contributed by atoms with Gasteiger partial charge in [-0.15, -0.1) is 0 Å². The van der Waals surface area contributed by atoms with Crippen LogP contribution < -0.4 is 10.5 Å². The van der Waals surface area contributed by atoms with Crippen LogP contribution in [0.5, 0.6) is 0 Å². The van der Waals surface area contributed by atoms with E-state index in [9.17, 15) is 8.42 Å². The van der Waals surface area contributed by atoms with E-state index in [0.717, 1.165) is 36.8 Å². The molecule has 0 unspecified atom stereocenters. The van der Waals surface area contributed by atoms with E-state index in [1.54, 1.807) is 24.3 Å². The van der Waals surface area contributed by atoms with Crippen LogP contribution in [-0.2, 0) is 15.8 Å². The number of rotatable bonds is 7. The summed E-state index contributed by atoms with van der Waals surface area (Å²) in [7, 11) is -3.29. The summed E-state index contributed by atoms with van der Waals surface area (Å²) in [5.41, 5.74) is 7.05. The molecule has 0 heterocycles. The minimum atomic E-state index is -3.29. The molecule has 1 aromatic rings. The molecule has 1 aromatic carbocycles. The maximum atomic E-state index is 12.3. The molecule has 0 bridgehead atoms.